The zero-order chi connectivity index (χ0) is 22.1. The van der Waals surface area contributed by atoms with E-state index in [1.165, 1.54) is 29.5 Å². The van der Waals surface area contributed by atoms with E-state index < -0.39 is 5.97 Å². The molecule has 1 fully saturated rings. The first-order valence-corrected chi connectivity index (χ1v) is 12.2. The predicted octanol–water partition coefficient (Wildman–Crippen LogP) is 4.54. The van der Waals surface area contributed by atoms with Gasteiger partial charge in [-0.25, -0.2) is 9.78 Å². The molecule has 1 heterocycles. The molecular formula is C21H28N4O4S2. The lowest BCUT2D eigenvalue weighted by molar-refractivity contribution is -0.133. The Balaban J connectivity index is 1.54. The fraction of sp³-hybridized carbons (Fsp3) is 0.476. The van der Waals surface area contributed by atoms with Crippen LogP contribution < -0.4 is 15.8 Å². The van der Waals surface area contributed by atoms with Crippen LogP contribution in [0.5, 0.6) is 5.75 Å². The molecule has 2 amide bonds. The number of urea groups is 1. The number of rotatable bonds is 10. The SMILES string of the molecule is Nc1cccc(OCCCN(C(=O)Nc2ncc(SCC(=O)O)s2)C2CCCCC2)c1. The predicted molar refractivity (Wildman–Crippen MR) is 124 cm³/mol. The van der Waals surface area contributed by atoms with Crippen LogP contribution in [0.3, 0.4) is 0 Å². The van der Waals surface area contributed by atoms with Gasteiger partial charge in [0.15, 0.2) is 5.13 Å². The second-order valence-corrected chi connectivity index (χ2v) is 9.66. The number of thioether (sulfide) groups is 1. The molecule has 0 bridgehead atoms. The van der Waals surface area contributed by atoms with Crippen molar-refractivity contribution in [3.63, 3.8) is 0 Å². The maximum absolute atomic E-state index is 13.0. The third-order valence-electron chi connectivity index (χ3n) is 4.98. The third kappa shape index (κ3) is 7.62. The molecule has 1 aromatic carbocycles. The molecule has 0 radical (unpaired) electrons. The van der Waals surface area contributed by atoms with E-state index in [0.29, 0.717) is 30.4 Å². The lowest BCUT2D eigenvalue weighted by atomic mass is 9.94. The Morgan fingerprint density at radius 2 is 2.13 bits per heavy atom. The van der Waals surface area contributed by atoms with Crippen molar-refractivity contribution in [1.29, 1.82) is 0 Å². The van der Waals surface area contributed by atoms with E-state index in [0.717, 1.165) is 35.6 Å². The van der Waals surface area contributed by atoms with Gasteiger partial charge in [0.2, 0.25) is 0 Å². The Morgan fingerprint density at radius 1 is 1.32 bits per heavy atom. The van der Waals surface area contributed by atoms with Crippen LogP contribution in [0.4, 0.5) is 15.6 Å². The van der Waals surface area contributed by atoms with Crippen LogP contribution >= 0.6 is 23.1 Å². The van der Waals surface area contributed by atoms with E-state index in [4.69, 9.17) is 15.6 Å². The molecule has 8 nitrogen and oxygen atoms in total. The largest absolute Gasteiger partial charge is 0.493 e. The quantitative estimate of drug-likeness (QED) is 0.268. The van der Waals surface area contributed by atoms with Crippen molar-refractivity contribution in [3.8, 4) is 5.75 Å². The fourth-order valence-electron chi connectivity index (χ4n) is 3.55. The summed E-state index contributed by atoms with van der Waals surface area (Å²) in [7, 11) is 0. The van der Waals surface area contributed by atoms with Crippen molar-refractivity contribution in [2.24, 2.45) is 0 Å². The van der Waals surface area contributed by atoms with Crippen LogP contribution in [0.2, 0.25) is 0 Å². The van der Waals surface area contributed by atoms with Gasteiger partial charge in [-0.2, -0.15) is 0 Å². The number of aliphatic carboxylic acids is 1. The maximum atomic E-state index is 13.0. The number of carboxylic acid groups (broad SMARTS) is 1. The van der Waals surface area contributed by atoms with E-state index in [2.05, 4.69) is 10.3 Å². The zero-order valence-electron chi connectivity index (χ0n) is 17.3. The van der Waals surface area contributed by atoms with Gasteiger partial charge in [0.25, 0.3) is 0 Å². The molecule has 3 rings (SSSR count). The van der Waals surface area contributed by atoms with Gasteiger partial charge >= 0.3 is 12.0 Å². The van der Waals surface area contributed by atoms with Crippen molar-refractivity contribution in [2.75, 3.05) is 30.0 Å². The van der Waals surface area contributed by atoms with Crippen molar-refractivity contribution in [1.82, 2.24) is 9.88 Å². The number of nitrogens with zero attached hydrogens (tertiary/aromatic N) is 2. The van der Waals surface area contributed by atoms with Crippen molar-refractivity contribution in [3.05, 3.63) is 30.5 Å². The van der Waals surface area contributed by atoms with Gasteiger partial charge in [-0.3, -0.25) is 10.1 Å². The number of nitrogen functional groups attached to an aromatic ring is 1. The number of amides is 2. The summed E-state index contributed by atoms with van der Waals surface area (Å²) in [5.74, 6) is -0.188. The number of ether oxygens (including phenoxy) is 1. The number of carbonyl (C=O) groups is 2. The lowest BCUT2D eigenvalue weighted by Crippen LogP contribution is -2.44. The Bertz CT molecular complexity index is 871. The van der Waals surface area contributed by atoms with Gasteiger partial charge in [0.05, 0.1) is 22.8 Å². The molecule has 168 valence electrons. The first kappa shape index (κ1) is 23.2. The summed E-state index contributed by atoms with van der Waals surface area (Å²) >= 11 is 2.48. The van der Waals surface area contributed by atoms with Gasteiger partial charge in [-0.1, -0.05) is 36.7 Å². The van der Waals surface area contributed by atoms with Gasteiger partial charge in [-0.05, 0) is 31.4 Å². The molecule has 1 aliphatic rings. The van der Waals surface area contributed by atoms with Crippen LogP contribution in [-0.4, -0.2) is 51.9 Å². The number of nitrogens with two attached hydrogens (primary N) is 1. The summed E-state index contributed by atoms with van der Waals surface area (Å²) in [5.41, 5.74) is 6.44. The monoisotopic (exact) mass is 464 g/mol. The molecule has 0 spiro atoms. The highest BCUT2D eigenvalue weighted by molar-refractivity contribution is 8.01. The molecule has 1 aromatic heterocycles. The summed E-state index contributed by atoms with van der Waals surface area (Å²) in [6.07, 6.45) is 7.76. The van der Waals surface area contributed by atoms with Gasteiger partial charge < -0.3 is 20.5 Å². The number of nitrogens with one attached hydrogen (secondary N) is 1. The maximum Gasteiger partial charge on any atom is 0.323 e. The van der Waals surface area contributed by atoms with Gasteiger partial charge in [0, 0.05) is 24.3 Å². The minimum Gasteiger partial charge on any atom is -0.493 e. The van der Waals surface area contributed by atoms with Crippen LogP contribution in [0.25, 0.3) is 0 Å². The Hall–Kier alpha value is -2.46. The normalized spacial score (nSPS) is 14.2. The summed E-state index contributed by atoms with van der Waals surface area (Å²) in [6, 6.07) is 7.36. The second kappa shape index (κ2) is 11.8. The van der Waals surface area contributed by atoms with Crippen molar-refractivity contribution >= 4 is 45.9 Å². The Morgan fingerprint density at radius 3 is 2.87 bits per heavy atom. The number of hydrogen-bond acceptors (Lipinski definition) is 7. The molecule has 4 N–H and O–H groups in total. The summed E-state index contributed by atoms with van der Waals surface area (Å²) in [6.45, 7) is 1.08. The third-order valence-corrected chi connectivity index (χ3v) is 7.07. The molecule has 0 aliphatic heterocycles. The standard InChI is InChI=1S/C21H28N4O4S2/c22-15-6-4-9-17(12-15)29-11-5-10-25(16-7-2-1-3-8-16)21(28)24-20-23-13-19(31-20)30-14-18(26)27/h4,6,9,12-13,16H,1-3,5,7-8,10-11,14,22H2,(H,26,27)(H,23,24,28). The number of benzene rings is 1. The molecule has 0 saturated heterocycles. The number of aromatic nitrogens is 1. The topological polar surface area (TPSA) is 118 Å². The molecule has 0 unspecified atom stereocenters. The number of carboxylic acids is 1. The average Bonchev–Trinajstić information content (AvgIpc) is 3.20. The number of hydrogen-bond donors (Lipinski definition) is 3. The Labute approximate surface area is 190 Å². The highest BCUT2D eigenvalue weighted by Crippen LogP contribution is 2.29. The Kier molecular flexibility index (Phi) is 8.84. The molecule has 2 aromatic rings. The summed E-state index contributed by atoms with van der Waals surface area (Å²) in [5, 5.41) is 12.2. The highest BCUT2D eigenvalue weighted by atomic mass is 32.2. The second-order valence-electron chi connectivity index (χ2n) is 7.36. The molecular weight excluding hydrogens is 436 g/mol. The van der Waals surface area contributed by atoms with E-state index in [1.54, 1.807) is 12.3 Å². The number of anilines is 2. The highest BCUT2D eigenvalue weighted by Gasteiger charge is 2.25. The minimum absolute atomic E-state index is 0.0309. The van der Waals surface area contributed by atoms with Crippen LogP contribution in [-0.2, 0) is 4.79 Å². The van der Waals surface area contributed by atoms with Crippen molar-refractivity contribution < 1.29 is 19.4 Å². The van der Waals surface area contributed by atoms with Crippen LogP contribution in [0.15, 0.2) is 34.7 Å². The first-order valence-electron chi connectivity index (χ1n) is 10.4. The first-order chi connectivity index (χ1) is 15.0. The molecule has 10 heteroatoms. The molecule has 1 saturated carbocycles. The van der Waals surface area contributed by atoms with E-state index in [1.807, 2.05) is 23.1 Å². The fourth-order valence-corrected chi connectivity index (χ4v) is 5.13. The van der Waals surface area contributed by atoms with E-state index >= 15 is 0 Å². The van der Waals surface area contributed by atoms with Crippen LogP contribution in [0, 0.1) is 0 Å². The van der Waals surface area contributed by atoms with Gasteiger partial charge in [0.1, 0.15) is 5.75 Å². The van der Waals surface area contributed by atoms with E-state index in [-0.39, 0.29) is 17.8 Å². The number of carbonyl (C=O) groups excluding carboxylic acids is 1. The smallest absolute Gasteiger partial charge is 0.323 e. The summed E-state index contributed by atoms with van der Waals surface area (Å²) in [4.78, 5) is 29.9. The van der Waals surface area contributed by atoms with Crippen LogP contribution in [0.1, 0.15) is 38.5 Å². The van der Waals surface area contributed by atoms with E-state index in [9.17, 15) is 9.59 Å². The average molecular weight is 465 g/mol. The molecule has 1 aliphatic carbocycles. The summed E-state index contributed by atoms with van der Waals surface area (Å²) < 4.78 is 6.53. The zero-order valence-corrected chi connectivity index (χ0v) is 18.9. The molecule has 31 heavy (non-hydrogen) atoms. The minimum atomic E-state index is -0.882. The molecule has 0 atom stereocenters. The van der Waals surface area contributed by atoms with Crippen molar-refractivity contribution in [2.45, 2.75) is 48.8 Å². The lowest BCUT2D eigenvalue weighted by Gasteiger charge is -2.34. The number of thiazole rings is 1. The van der Waals surface area contributed by atoms with Gasteiger partial charge in [-0.15, -0.1) is 11.8 Å².